The van der Waals surface area contributed by atoms with Crippen molar-refractivity contribution in [2.45, 2.75) is 4.90 Å². The molecular formula is C21H17BrN4O5S. The van der Waals surface area contributed by atoms with Crippen LogP contribution in [0.1, 0.15) is 5.56 Å². The Balaban J connectivity index is 1.90. The first-order valence-corrected chi connectivity index (χ1v) is 11.4. The number of rotatable bonds is 8. The topological polar surface area (TPSA) is 122 Å². The number of sulfonamides is 1. The number of nitrogens with one attached hydrogen (secondary N) is 1. The number of nitrogens with zero attached hydrogens (tertiary/aromatic N) is 3. The van der Waals surface area contributed by atoms with Gasteiger partial charge >= 0.3 is 0 Å². The number of benzene rings is 3. The number of carbonyl (C=O) groups is 1. The average Bonchev–Trinajstić information content (AvgIpc) is 2.79. The summed E-state index contributed by atoms with van der Waals surface area (Å²) in [5, 5.41) is 15.2. The minimum Gasteiger partial charge on any atom is -0.271 e. The van der Waals surface area contributed by atoms with Crippen molar-refractivity contribution in [3.63, 3.8) is 0 Å². The smallest absolute Gasteiger partial charge is 0.271 e. The Kier molecular flexibility index (Phi) is 7.33. The van der Waals surface area contributed by atoms with Gasteiger partial charge in [0, 0.05) is 16.1 Å². The number of para-hydroxylation sites is 2. The van der Waals surface area contributed by atoms with Crippen molar-refractivity contribution in [3.05, 3.63) is 99.0 Å². The van der Waals surface area contributed by atoms with Crippen molar-refractivity contribution in [2.24, 2.45) is 5.10 Å². The summed E-state index contributed by atoms with van der Waals surface area (Å²) in [6.45, 7) is -0.633. The van der Waals surface area contributed by atoms with Gasteiger partial charge in [0.05, 0.1) is 16.8 Å². The molecule has 32 heavy (non-hydrogen) atoms. The summed E-state index contributed by atoms with van der Waals surface area (Å²) >= 11 is 3.36. The first kappa shape index (κ1) is 23.1. The first-order valence-electron chi connectivity index (χ1n) is 9.18. The summed E-state index contributed by atoms with van der Waals surface area (Å²) < 4.78 is 28.2. The summed E-state index contributed by atoms with van der Waals surface area (Å²) in [4.78, 5) is 22.6. The van der Waals surface area contributed by atoms with Crippen LogP contribution in [-0.2, 0) is 14.8 Å². The molecule has 3 rings (SSSR count). The van der Waals surface area contributed by atoms with Crippen LogP contribution in [0, 0.1) is 10.1 Å². The highest BCUT2D eigenvalue weighted by molar-refractivity contribution is 9.10. The fourth-order valence-corrected chi connectivity index (χ4v) is 4.74. The van der Waals surface area contributed by atoms with Gasteiger partial charge in [-0.1, -0.05) is 64.5 Å². The van der Waals surface area contributed by atoms with Crippen LogP contribution in [0.3, 0.4) is 0 Å². The molecule has 0 bridgehead atoms. The molecule has 0 saturated heterocycles. The van der Waals surface area contributed by atoms with E-state index in [-0.39, 0.29) is 5.69 Å². The summed E-state index contributed by atoms with van der Waals surface area (Å²) in [6, 6.07) is 20.0. The normalized spacial score (nSPS) is 11.3. The molecule has 0 spiro atoms. The highest BCUT2D eigenvalue weighted by atomic mass is 79.9. The second-order valence-corrected chi connectivity index (χ2v) is 9.07. The molecule has 0 unspecified atom stereocenters. The van der Waals surface area contributed by atoms with E-state index in [1.165, 1.54) is 30.5 Å². The van der Waals surface area contributed by atoms with Crippen LogP contribution in [0.5, 0.6) is 0 Å². The van der Waals surface area contributed by atoms with Gasteiger partial charge in [-0.15, -0.1) is 0 Å². The molecule has 1 amide bonds. The first-order chi connectivity index (χ1) is 15.3. The summed E-state index contributed by atoms with van der Waals surface area (Å²) in [7, 11) is -4.44. The molecule has 11 heteroatoms. The van der Waals surface area contributed by atoms with E-state index in [4.69, 9.17) is 0 Å². The van der Waals surface area contributed by atoms with Crippen molar-refractivity contribution < 1.29 is 18.1 Å². The van der Waals surface area contributed by atoms with Gasteiger partial charge in [-0.25, -0.2) is 13.8 Å². The van der Waals surface area contributed by atoms with Crippen molar-refractivity contribution >= 4 is 49.4 Å². The van der Waals surface area contributed by atoms with Gasteiger partial charge in [-0.3, -0.25) is 19.2 Å². The quantitative estimate of drug-likeness (QED) is 0.277. The van der Waals surface area contributed by atoms with Gasteiger partial charge in [-0.05, 0) is 24.3 Å². The van der Waals surface area contributed by atoms with Crippen LogP contribution >= 0.6 is 15.9 Å². The second-order valence-electron chi connectivity index (χ2n) is 6.39. The average molecular weight is 517 g/mol. The van der Waals surface area contributed by atoms with Crippen molar-refractivity contribution in [1.82, 2.24) is 5.43 Å². The number of hydrogen-bond donors (Lipinski definition) is 1. The molecule has 0 atom stereocenters. The van der Waals surface area contributed by atoms with Gasteiger partial charge in [0.25, 0.3) is 21.6 Å². The molecule has 0 aliphatic rings. The van der Waals surface area contributed by atoms with Crippen LogP contribution in [0.2, 0.25) is 0 Å². The lowest BCUT2D eigenvalue weighted by molar-refractivity contribution is -0.387. The SMILES string of the molecule is O=C(CN(c1ccccc1)S(=O)(=O)c1ccccc1[N+](=O)[O-])N/N=C\c1ccccc1Br. The molecule has 0 radical (unpaired) electrons. The minimum absolute atomic E-state index is 0.176. The van der Waals surface area contributed by atoms with E-state index in [1.807, 2.05) is 6.07 Å². The summed E-state index contributed by atoms with van der Waals surface area (Å²) in [6.07, 6.45) is 1.41. The Morgan fingerprint density at radius 1 is 1.03 bits per heavy atom. The third kappa shape index (κ3) is 5.37. The lowest BCUT2D eigenvalue weighted by Gasteiger charge is -2.23. The highest BCUT2D eigenvalue weighted by Gasteiger charge is 2.32. The number of nitro groups is 1. The largest absolute Gasteiger partial charge is 0.289 e. The van der Waals surface area contributed by atoms with Crippen LogP contribution in [0.25, 0.3) is 0 Å². The van der Waals surface area contributed by atoms with E-state index in [1.54, 1.807) is 36.4 Å². The summed E-state index contributed by atoms with van der Waals surface area (Å²) in [5.41, 5.74) is 2.59. The predicted molar refractivity (Wildman–Crippen MR) is 124 cm³/mol. The fourth-order valence-electron chi connectivity index (χ4n) is 2.77. The van der Waals surface area contributed by atoms with E-state index in [9.17, 15) is 23.3 Å². The lowest BCUT2D eigenvalue weighted by Crippen LogP contribution is -2.39. The molecule has 0 aliphatic carbocycles. The number of hydrazone groups is 1. The number of hydrogen-bond acceptors (Lipinski definition) is 6. The number of nitro benzene ring substituents is 1. The zero-order chi connectivity index (χ0) is 23.1. The Morgan fingerprint density at radius 3 is 2.34 bits per heavy atom. The van der Waals surface area contributed by atoms with E-state index in [0.717, 1.165) is 20.9 Å². The number of carbonyl (C=O) groups excluding carboxylic acids is 1. The lowest BCUT2D eigenvalue weighted by atomic mass is 10.2. The maximum atomic E-state index is 13.3. The van der Waals surface area contributed by atoms with Gasteiger partial charge in [0.1, 0.15) is 6.54 Å². The molecule has 3 aromatic carbocycles. The Morgan fingerprint density at radius 2 is 1.66 bits per heavy atom. The van der Waals surface area contributed by atoms with E-state index < -0.39 is 38.0 Å². The molecule has 1 N–H and O–H groups in total. The maximum absolute atomic E-state index is 13.3. The van der Waals surface area contributed by atoms with Gasteiger partial charge in [-0.2, -0.15) is 5.10 Å². The van der Waals surface area contributed by atoms with Crippen LogP contribution in [0.15, 0.2) is 93.3 Å². The zero-order valence-corrected chi connectivity index (χ0v) is 18.9. The van der Waals surface area contributed by atoms with Gasteiger partial charge in [0.15, 0.2) is 4.90 Å². The second kappa shape index (κ2) is 10.2. The Labute approximate surface area is 192 Å². The molecule has 0 aromatic heterocycles. The standard InChI is InChI=1S/C21H17BrN4O5S/c22-18-11-5-4-8-16(18)14-23-24-21(27)15-25(17-9-2-1-3-10-17)32(30,31)20-13-7-6-12-19(20)26(28)29/h1-14H,15H2,(H,24,27)/b23-14-. The molecule has 9 nitrogen and oxygen atoms in total. The predicted octanol–water partition coefficient (Wildman–Crippen LogP) is 3.70. The van der Waals surface area contributed by atoms with E-state index >= 15 is 0 Å². The number of amides is 1. The summed E-state index contributed by atoms with van der Waals surface area (Å²) in [5.74, 6) is -0.723. The highest BCUT2D eigenvalue weighted by Crippen LogP contribution is 2.29. The minimum atomic E-state index is -4.44. The third-order valence-electron chi connectivity index (χ3n) is 4.26. The third-order valence-corrected chi connectivity index (χ3v) is 6.80. The van der Waals surface area contributed by atoms with Crippen LogP contribution in [-0.4, -0.2) is 32.0 Å². The Hall–Kier alpha value is -3.57. The molecule has 164 valence electrons. The fraction of sp³-hybridized carbons (Fsp3) is 0.0476. The van der Waals surface area contributed by atoms with Gasteiger partial charge in [0.2, 0.25) is 0 Å². The van der Waals surface area contributed by atoms with Crippen molar-refractivity contribution in [1.29, 1.82) is 0 Å². The molecule has 3 aromatic rings. The number of halogens is 1. The maximum Gasteiger partial charge on any atom is 0.289 e. The Bertz CT molecular complexity index is 1270. The van der Waals surface area contributed by atoms with Crippen LogP contribution < -0.4 is 9.73 Å². The van der Waals surface area contributed by atoms with E-state index in [2.05, 4.69) is 26.5 Å². The molecule has 0 aliphatic heterocycles. The zero-order valence-electron chi connectivity index (χ0n) is 16.5. The van der Waals surface area contributed by atoms with Crippen molar-refractivity contribution in [2.75, 3.05) is 10.8 Å². The monoisotopic (exact) mass is 516 g/mol. The molecule has 0 fully saturated rings. The van der Waals surface area contributed by atoms with Crippen molar-refractivity contribution in [3.8, 4) is 0 Å². The van der Waals surface area contributed by atoms with Gasteiger partial charge < -0.3 is 0 Å². The molecule has 0 saturated carbocycles. The van der Waals surface area contributed by atoms with E-state index in [0.29, 0.717) is 5.56 Å². The number of anilines is 1. The molecule has 0 heterocycles. The molecular weight excluding hydrogens is 500 g/mol. The van der Waals surface area contributed by atoms with Crippen LogP contribution in [0.4, 0.5) is 11.4 Å².